The van der Waals surface area contributed by atoms with E-state index in [4.69, 9.17) is 15.3 Å². The Morgan fingerprint density at radius 2 is 2.29 bits per heavy atom. The summed E-state index contributed by atoms with van der Waals surface area (Å²) >= 11 is 0. The van der Waals surface area contributed by atoms with Gasteiger partial charge in [0.25, 0.3) is 0 Å². The van der Waals surface area contributed by atoms with E-state index in [0.29, 0.717) is 0 Å². The fourth-order valence-corrected chi connectivity index (χ4v) is 1.55. The summed E-state index contributed by atoms with van der Waals surface area (Å²) in [6, 6.07) is -1.02. The van der Waals surface area contributed by atoms with Crippen LogP contribution in [-0.4, -0.2) is 57.4 Å². The van der Waals surface area contributed by atoms with Crippen molar-refractivity contribution >= 4 is 11.9 Å². The second kappa shape index (κ2) is 4.39. The average Bonchev–Trinajstić information content (AvgIpc) is 2.40. The molecule has 1 fully saturated rings. The molecule has 6 heteroatoms. The first-order valence-electron chi connectivity index (χ1n) is 4.37. The van der Waals surface area contributed by atoms with Crippen LogP contribution < -0.4 is 0 Å². The molecule has 0 aromatic carbocycles. The lowest BCUT2D eigenvalue weighted by Crippen LogP contribution is -2.43. The quantitative estimate of drug-likeness (QED) is 0.512. The maximum Gasteiger partial charge on any atom is 0.326 e. The maximum atomic E-state index is 11.2. The normalized spacial score (nSPS) is 24.0. The summed E-state index contributed by atoms with van der Waals surface area (Å²) in [6.45, 7) is -0.257. The van der Waals surface area contributed by atoms with Gasteiger partial charge in [-0.05, 0) is 0 Å². The zero-order valence-electron chi connectivity index (χ0n) is 7.59. The Kier molecular flexibility index (Phi) is 3.43. The number of hydrogen-bond donors (Lipinski definition) is 3. The molecule has 1 aliphatic heterocycles. The Balaban J connectivity index is 2.68. The minimum absolute atomic E-state index is 0.00616. The van der Waals surface area contributed by atoms with E-state index < -0.39 is 18.1 Å². The van der Waals surface area contributed by atoms with Gasteiger partial charge >= 0.3 is 5.97 Å². The molecule has 1 amide bonds. The predicted molar refractivity (Wildman–Crippen MR) is 45.5 cm³/mol. The van der Waals surface area contributed by atoms with Crippen LogP contribution >= 0.6 is 0 Å². The van der Waals surface area contributed by atoms with Crippen molar-refractivity contribution in [2.75, 3.05) is 13.2 Å². The lowest BCUT2D eigenvalue weighted by molar-refractivity contribution is -0.149. The first kappa shape index (κ1) is 10.9. The standard InChI is InChI=1S/C8H13NO5/c10-2-1-6(8(13)14)9-4-5(11)3-7(9)12/h5-6,10-11H,1-4H2,(H,13,14). The summed E-state index contributed by atoms with van der Waals surface area (Å²) in [5.74, 6) is -1.53. The number of β-amino-alcohol motifs (C(OH)–C–C–N with tert-alkyl or cyclic N) is 1. The van der Waals surface area contributed by atoms with Gasteiger partial charge in [0.15, 0.2) is 0 Å². The number of hydrogen-bond acceptors (Lipinski definition) is 4. The molecule has 0 radical (unpaired) electrons. The molecule has 0 bridgehead atoms. The number of aliphatic hydroxyl groups is 2. The number of rotatable bonds is 4. The van der Waals surface area contributed by atoms with Crippen LogP contribution in [0.5, 0.6) is 0 Å². The van der Waals surface area contributed by atoms with Gasteiger partial charge in [0.05, 0.1) is 12.5 Å². The van der Waals surface area contributed by atoms with Gasteiger partial charge in [0.2, 0.25) is 5.91 Å². The number of carboxylic acids is 1. The SMILES string of the molecule is O=C(O)C(CCO)N1CC(O)CC1=O. The first-order valence-corrected chi connectivity index (χ1v) is 4.37. The van der Waals surface area contributed by atoms with Gasteiger partial charge < -0.3 is 20.2 Å². The number of nitrogens with zero attached hydrogens (tertiary/aromatic N) is 1. The fraction of sp³-hybridized carbons (Fsp3) is 0.750. The van der Waals surface area contributed by atoms with Crippen LogP contribution in [0.4, 0.5) is 0 Å². The first-order chi connectivity index (χ1) is 6.56. The lowest BCUT2D eigenvalue weighted by atomic mass is 10.2. The van der Waals surface area contributed by atoms with E-state index in [-0.39, 0.29) is 31.9 Å². The van der Waals surface area contributed by atoms with Crippen molar-refractivity contribution in [3.05, 3.63) is 0 Å². The molecule has 0 aromatic rings. The van der Waals surface area contributed by atoms with Crippen LogP contribution in [0.1, 0.15) is 12.8 Å². The predicted octanol–water partition coefficient (Wildman–Crippen LogP) is -1.58. The molecule has 0 aliphatic carbocycles. The van der Waals surface area contributed by atoms with Crippen LogP contribution in [0.2, 0.25) is 0 Å². The Hall–Kier alpha value is -1.14. The van der Waals surface area contributed by atoms with Crippen molar-refractivity contribution in [3.63, 3.8) is 0 Å². The van der Waals surface area contributed by atoms with Crippen molar-refractivity contribution in [2.24, 2.45) is 0 Å². The average molecular weight is 203 g/mol. The van der Waals surface area contributed by atoms with Gasteiger partial charge in [0.1, 0.15) is 6.04 Å². The highest BCUT2D eigenvalue weighted by atomic mass is 16.4. The van der Waals surface area contributed by atoms with Crippen LogP contribution in [-0.2, 0) is 9.59 Å². The molecule has 1 rings (SSSR count). The Morgan fingerprint density at radius 3 is 2.64 bits per heavy atom. The topological polar surface area (TPSA) is 98.1 Å². The molecule has 3 N–H and O–H groups in total. The summed E-state index contributed by atoms with van der Waals surface area (Å²) in [4.78, 5) is 23.1. The Labute approximate surface area is 80.8 Å². The summed E-state index contributed by atoms with van der Waals surface area (Å²) in [5, 5.41) is 26.6. The van der Waals surface area contributed by atoms with Crippen molar-refractivity contribution in [3.8, 4) is 0 Å². The van der Waals surface area contributed by atoms with Crippen molar-refractivity contribution in [1.82, 2.24) is 4.90 Å². The van der Waals surface area contributed by atoms with Crippen molar-refractivity contribution in [2.45, 2.75) is 25.0 Å². The van der Waals surface area contributed by atoms with Crippen LogP contribution in [0.15, 0.2) is 0 Å². The molecular weight excluding hydrogens is 190 g/mol. The zero-order chi connectivity index (χ0) is 10.7. The third-order valence-electron chi connectivity index (χ3n) is 2.20. The highest BCUT2D eigenvalue weighted by Crippen LogP contribution is 2.16. The van der Waals surface area contributed by atoms with Crippen molar-refractivity contribution in [1.29, 1.82) is 0 Å². The number of carbonyl (C=O) groups excluding carboxylic acids is 1. The highest BCUT2D eigenvalue weighted by molar-refractivity contribution is 5.85. The van der Waals surface area contributed by atoms with E-state index in [2.05, 4.69) is 0 Å². The van der Waals surface area contributed by atoms with Gasteiger partial charge in [-0.1, -0.05) is 0 Å². The van der Waals surface area contributed by atoms with Crippen molar-refractivity contribution < 1.29 is 24.9 Å². The molecule has 0 aromatic heterocycles. The lowest BCUT2D eigenvalue weighted by Gasteiger charge is -2.23. The highest BCUT2D eigenvalue weighted by Gasteiger charge is 2.36. The second-order valence-corrected chi connectivity index (χ2v) is 3.27. The second-order valence-electron chi connectivity index (χ2n) is 3.27. The number of aliphatic carboxylic acids is 1. The molecule has 0 saturated carbocycles. The number of amides is 1. The molecule has 0 spiro atoms. The molecule has 80 valence electrons. The molecular formula is C8H13NO5. The van der Waals surface area contributed by atoms with Gasteiger partial charge in [-0.25, -0.2) is 4.79 Å². The third-order valence-corrected chi connectivity index (χ3v) is 2.20. The molecule has 1 heterocycles. The van der Waals surface area contributed by atoms with E-state index in [9.17, 15) is 9.59 Å². The van der Waals surface area contributed by atoms with Gasteiger partial charge in [-0.15, -0.1) is 0 Å². The minimum atomic E-state index is -1.15. The molecule has 2 atom stereocenters. The van der Waals surface area contributed by atoms with E-state index in [1.807, 2.05) is 0 Å². The van der Waals surface area contributed by atoms with Crippen LogP contribution in [0.25, 0.3) is 0 Å². The Bertz CT molecular complexity index is 242. The van der Waals surface area contributed by atoms with Crippen LogP contribution in [0, 0.1) is 0 Å². The van der Waals surface area contributed by atoms with Gasteiger partial charge in [-0.2, -0.15) is 0 Å². The number of aliphatic hydroxyl groups excluding tert-OH is 2. The van der Waals surface area contributed by atoms with E-state index in [1.165, 1.54) is 0 Å². The number of carboxylic acid groups (broad SMARTS) is 1. The number of carbonyl (C=O) groups is 2. The van der Waals surface area contributed by atoms with E-state index in [1.54, 1.807) is 0 Å². The summed E-state index contributed by atoms with van der Waals surface area (Å²) in [5.41, 5.74) is 0. The van der Waals surface area contributed by atoms with E-state index in [0.717, 1.165) is 4.90 Å². The molecule has 1 saturated heterocycles. The summed E-state index contributed by atoms with van der Waals surface area (Å²) in [6.07, 6.45) is -0.828. The van der Waals surface area contributed by atoms with Gasteiger partial charge in [0, 0.05) is 19.6 Å². The largest absolute Gasteiger partial charge is 0.480 e. The van der Waals surface area contributed by atoms with Gasteiger partial charge in [-0.3, -0.25) is 4.79 Å². The molecule has 1 aliphatic rings. The third kappa shape index (κ3) is 2.21. The smallest absolute Gasteiger partial charge is 0.326 e. The summed E-state index contributed by atoms with van der Waals surface area (Å²) < 4.78 is 0. The molecule has 14 heavy (non-hydrogen) atoms. The number of likely N-dealkylation sites (tertiary alicyclic amines) is 1. The minimum Gasteiger partial charge on any atom is -0.480 e. The van der Waals surface area contributed by atoms with E-state index >= 15 is 0 Å². The Morgan fingerprint density at radius 1 is 1.64 bits per heavy atom. The molecule has 6 nitrogen and oxygen atoms in total. The van der Waals surface area contributed by atoms with Crippen LogP contribution in [0.3, 0.4) is 0 Å². The maximum absolute atomic E-state index is 11.2. The zero-order valence-corrected chi connectivity index (χ0v) is 7.59. The summed E-state index contributed by atoms with van der Waals surface area (Å²) in [7, 11) is 0. The fourth-order valence-electron chi connectivity index (χ4n) is 1.55. The monoisotopic (exact) mass is 203 g/mol. The molecule has 2 unspecified atom stereocenters.